The van der Waals surface area contributed by atoms with E-state index in [0.29, 0.717) is 18.3 Å². The van der Waals surface area contributed by atoms with Crippen molar-refractivity contribution in [2.75, 3.05) is 17.3 Å². The van der Waals surface area contributed by atoms with Gasteiger partial charge in [0.05, 0.1) is 0 Å². The van der Waals surface area contributed by atoms with Gasteiger partial charge < -0.3 is 5.32 Å². The molecule has 4 N–H and O–H groups in total. The first-order valence-corrected chi connectivity index (χ1v) is 5.56. The summed E-state index contributed by atoms with van der Waals surface area (Å²) >= 11 is 0. The molecule has 0 radical (unpaired) electrons. The molecule has 0 unspecified atom stereocenters. The van der Waals surface area contributed by atoms with E-state index in [9.17, 15) is 4.39 Å². The van der Waals surface area contributed by atoms with Crippen LogP contribution in [0.3, 0.4) is 0 Å². The van der Waals surface area contributed by atoms with Crippen LogP contribution in [-0.4, -0.2) is 16.5 Å². The number of aromatic nitrogens is 2. The van der Waals surface area contributed by atoms with Gasteiger partial charge in [-0.1, -0.05) is 12.1 Å². The summed E-state index contributed by atoms with van der Waals surface area (Å²) in [5.41, 5.74) is 3.44. The molecule has 2 aromatic rings. The standard InChI is InChI=1S/C12H14FN5/c13-10-3-1-9(2-4-10)5-7-15-11-6-8-16-12(17-11)18-14/h1-4,6,8H,5,7,14H2,(H2,15,16,17,18). The first kappa shape index (κ1) is 12.3. The molecule has 1 aromatic carbocycles. The highest BCUT2D eigenvalue weighted by Crippen LogP contribution is 2.06. The van der Waals surface area contributed by atoms with Crippen LogP contribution in [0.1, 0.15) is 5.56 Å². The number of benzene rings is 1. The molecule has 0 aliphatic heterocycles. The van der Waals surface area contributed by atoms with Gasteiger partial charge in [0, 0.05) is 12.7 Å². The monoisotopic (exact) mass is 247 g/mol. The van der Waals surface area contributed by atoms with E-state index in [4.69, 9.17) is 5.84 Å². The van der Waals surface area contributed by atoms with Crippen molar-refractivity contribution in [3.63, 3.8) is 0 Å². The number of hydrogen-bond donors (Lipinski definition) is 3. The Balaban J connectivity index is 1.86. The highest BCUT2D eigenvalue weighted by Gasteiger charge is 1.98. The van der Waals surface area contributed by atoms with Gasteiger partial charge in [0.1, 0.15) is 11.6 Å². The van der Waals surface area contributed by atoms with E-state index in [2.05, 4.69) is 20.7 Å². The molecule has 0 aliphatic carbocycles. The minimum atomic E-state index is -0.221. The molecule has 0 saturated carbocycles. The molecule has 0 bridgehead atoms. The zero-order valence-corrected chi connectivity index (χ0v) is 9.73. The summed E-state index contributed by atoms with van der Waals surface area (Å²) in [6.45, 7) is 0.701. The molecule has 0 atom stereocenters. The van der Waals surface area contributed by atoms with Gasteiger partial charge in [-0.15, -0.1) is 0 Å². The van der Waals surface area contributed by atoms with Crippen LogP contribution >= 0.6 is 0 Å². The number of hydrogen-bond acceptors (Lipinski definition) is 5. The molecule has 1 heterocycles. The molecule has 18 heavy (non-hydrogen) atoms. The lowest BCUT2D eigenvalue weighted by Gasteiger charge is -2.06. The van der Waals surface area contributed by atoms with E-state index in [-0.39, 0.29) is 5.82 Å². The van der Waals surface area contributed by atoms with Gasteiger partial charge in [0.25, 0.3) is 0 Å². The van der Waals surface area contributed by atoms with Gasteiger partial charge in [-0.3, -0.25) is 5.43 Å². The second kappa shape index (κ2) is 5.92. The minimum absolute atomic E-state index is 0.221. The number of halogens is 1. The summed E-state index contributed by atoms with van der Waals surface area (Å²) in [4.78, 5) is 8.02. The van der Waals surface area contributed by atoms with E-state index < -0.39 is 0 Å². The third kappa shape index (κ3) is 3.39. The largest absolute Gasteiger partial charge is 0.370 e. The van der Waals surface area contributed by atoms with Crippen molar-refractivity contribution in [3.8, 4) is 0 Å². The third-order valence-electron chi connectivity index (χ3n) is 2.42. The Morgan fingerprint density at radius 2 is 1.94 bits per heavy atom. The fourth-order valence-corrected chi connectivity index (χ4v) is 1.51. The molecule has 1 aromatic heterocycles. The van der Waals surface area contributed by atoms with Crippen LogP contribution in [0.5, 0.6) is 0 Å². The Morgan fingerprint density at radius 3 is 2.67 bits per heavy atom. The summed E-state index contributed by atoms with van der Waals surface area (Å²) < 4.78 is 12.7. The van der Waals surface area contributed by atoms with Crippen molar-refractivity contribution in [1.29, 1.82) is 0 Å². The van der Waals surface area contributed by atoms with E-state index in [1.165, 1.54) is 12.1 Å². The molecule has 5 nitrogen and oxygen atoms in total. The Kier molecular flexibility index (Phi) is 4.03. The number of anilines is 2. The predicted octanol–water partition coefficient (Wildman–Crippen LogP) is 1.56. The van der Waals surface area contributed by atoms with Crippen LogP contribution in [0.4, 0.5) is 16.2 Å². The lowest BCUT2D eigenvalue weighted by Crippen LogP contribution is -2.12. The van der Waals surface area contributed by atoms with Crippen molar-refractivity contribution in [2.45, 2.75) is 6.42 Å². The molecule has 0 amide bonds. The quantitative estimate of drug-likeness (QED) is 0.552. The predicted molar refractivity (Wildman–Crippen MR) is 68.4 cm³/mol. The summed E-state index contributed by atoms with van der Waals surface area (Å²) in [5.74, 6) is 6.05. The van der Waals surface area contributed by atoms with Crippen molar-refractivity contribution >= 4 is 11.8 Å². The van der Waals surface area contributed by atoms with Crippen LogP contribution in [0.15, 0.2) is 36.5 Å². The lowest BCUT2D eigenvalue weighted by atomic mass is 10.1. The highest BCUT2D eigenvalue weighted by atomic mass is 19.1. The van der Waals surface area contributed by atoms with Gasteiger partial charge in [0.15, 0.2) is 0 Å². The number of nitrogen functional groups attached to an aromatic ring is 1. The zero-order valence-electron chi connectivity index (χ0n) is 9.73. The minimum Gasteiger partial charge on any atom is -0.370 e. The highest BCUT2D eigenvalue weighted by molar-refractivity contribution is 5.39. The van der Waals surface area contributed by atoms with Crippen LogP contribution < -0.4 is 16.6 Å². The fourth-order valence-electron chi connectivity index (χ4n) is 1.51. The maximum atomic E-state index is 12.7. The first-order chi connectivity index (χ1) is 8.78. The van der Waals surface area contributed by atoms with Gasteiger partial charge in [-0.05, 0) is 30.2 Å². The number of rotatable bonds is 5. The Bertz CT molecular complexity index is 500. The molecular weight excluding hydrogens is 233 g/mol. The maximum absolute atomic E-state index is 12.7. The summed E-state index contributed by atoms with van der Waals surface area (Å²) in [6, 6.07) is 8.20. The van der Waals surface area contributed by atoms with Gasteiger partial charge in [-0.25, -0.2) is 15.2 Å². The van der Waals surface area contributed by atoms with E-state index in [1.54, 1.807) is 24.4 Å². The van der Waals surface area contributed by atoms with Crippen molar-refractivity contribution in [2.24, 2.45) is 5.84 Å². The average Bonchev–Trinajstić information content (AvgIpc) is 2.41. The van der Waals surface area contributed by atoms with Gasteiger partial charge >= 0.3 is 0 Å². The Morgan fingerprint density at radius 1 is 1.17 bits per heavy atom. The smallest absolute Gasteiger partial charge is 0.239 e. The molecular formula is C12H14FN5. The lowest BCUT2D eigenvalue weighted by molar-refractivity contribution is 0.627. The molecule has 0 spiro atoms. The molecule has 0 fully saturated rings. The van der Waals surface area contributed by atoms with E-state index in [0.717, 1.165) is 12.0 Å². The average molecular weight is 247 g/mol. The first-order valence-electron chi connectivity index (χ1n) is 5.56. The van der Waals surface area contributed by atoms with Crippen molar-refractivity contribution in [1.82, 2.24) is 9.97 Å². The fraction of sp³-hybridized carbons (Fsp3) is 0.167. The SMILES string of the molecule is NNc1nccc(NCCc2ccc(F)cc2)n1. The second-order valence-electron chi connectivity index (χ2n) is 3.71. The number of nitrogens with two attached hydrogens (primary N) is 1. The van der Waals surface area contributed by atoms with E-state index >= 15 is 0 Å². The van der Waals surface area contributed by atoms with Gasteiger partial charge in [-0.2, -0.15) is 4.98 Å². The van der Waals surface area contributed by atoms with Crippen LogP contribution in [-0.2, 0) is 6.42 Å². The third-order valence-corrected chi connectivity index (χ3v) is 2.42. The Hall–Kier alpha value is -2.21. The molecule has 0 saturated heterocycles. The summed E-state index contributed by atoms with van der Waals surface area (Å²) in [7, 11) is 0. The number of nitrogens with one attached hydrogen (secondary N) is 2. The van der Waals surface area contributed by atoms with Crippen LogP contribution in [0.2, 0.25) is 0 Å². The summed E-state index contributed by atoms with van der Waals surface area (Å²) in [5, 5.41) is 3.14. The number of hydrazine groups is 1. The topological polar surface area (TPSA) is 75.9 Å². The van der Waals surface area contributed by atoms with Crippen LogP contribution in [0.25, 0.3) is 0 Å². The number of nitrogens with zero attached hydrogens (tertiary/aromatic N) is 2. The van der Waals surface area contributed by atoms with Crippen molar-refractivity contribution < 1.29 is 4.39 Å². The van der Waals surface area contributed by atoms with Crippen LogP contribution in [0, 0.1) is 5.82 Å². The van der Waals surface area contributed by atoms with E-state index in [1.807, 2.05) is 0 Å². The molecule has 0 aliphatic rings. The molecule has 6 heteroatoms. The normalized spacial score (nSPS) is 10.1. The summed E-state index contributed by atoms with van der Waals surface area (Å²) in [6.07, 6.45) is 2.40. The Labute approximate surface area is 104 Å². The van der Waals surface area contributed by atoms with Gasteiger partial charge in [0.2, 0.25) is 5.95 Å². The molecule has 94 valence electrons. The van der Waals surface area contributed by atoms with Crippen molar-refractivity contribution in [3.05, 3.63) is 47.9 Å². The molecule has 2 rings (SSSR count). The maximum Gasteiger partial charge on any atom is 0.239 e. The second-order valence-corrected chi connectivity index (χ2v) is 3.71. The zero-order chi connectivity index (χ0) is 12.8.